The standard InChI is InChI=1S/C30H27F2N5O3S/c1-40-27(38)18-26-29(39)34-30(41-26)35-33-19-20-2-12-25(13-3-20)36-14-16-37(17-15-36)28(21-4-8-23(31)9-5-21)22-6-10-24(32)11-7-22/h2-13,18-19,28H,14-17H2,1H3,(H,34,35,39)/b26-18+,33-19?. The smallest absolute Gasteiger partial charge is 0.331 e. The van der Waals surface area contributed by atoms with Crippen LogP contribution in [0.4, 0.5) is 14.5 Å². The molecule has 1 N–H and O–H groups in total. The maximum absolute atomic E-state index is 13.6. The molecule has 5 rings (SSSR count). The number of nitrogens with zero attached hydrogens (tertiary/aromatic N) is 4. The van der Waals surface area contributed by atoms with Crippen LogP contribution in [0.1, 0.15) is 22.7 Å². The molecule has 1 amide bonds. The normalized spacial score (nSPS) is 18.0. The molecule has 0 aliphatic carbocycles. The molecule has 0 unspecified atom stereocenters. The highest BCUT2D eigenvalue weighted by Gasteiger charge is 2.27. The molecule has 2 saturated heterocycles. The lowest BCUT2D eigenvalue weighted by molar-refractivity contribution is -0.135. The number of halogens is 2. The first-order chi connectivity index (χ1) is 19.9. The second-order valence-corrected chi connectivity index (χ2v) is 10.4. The third kappa shape index (κ3) is 7.05. The number of piperazine rings is 1. The summed E-state index contributed by atoms with van der Waals surface area (Å²) in [6.07, 6.45) is 2.69. The summed E-state index contributed by atoms with van der Waals surface area (Å²) in [4.78, 5) is 28.1. The maximum Gasteiger partial charge on any atom is 0.331 e. The van der Waals surface area contributed by atoms with Crippen LogP contribution in [0.15, 0.2) is 94.0 Å². The third-order valence-electron chi connectivity index (χ3n) is 6.77. The van der Waals surface area contributed by atoms with Crippen molar-refractivity contribution in [2.45, 2.75) is 6.04 Å². The molecule has 2 aliphatic heterocycles. The fourth-order valence-corrected chi connectivity index (χ4v) is 5.44. The van der Waals surface area contributed by atoms with Crippen molar-refractivity contribution in [2.24, 2.45) is 10.2 Å². The summed E-state index contributed by atoms with van der Waals surface area (Å²) in [6, 6.07) is 20.8. The minimum absolute atomic E-state index is 0.103. The summed E-state index contributed by atoms with van der Waals surface area (Å²) >= 11 is 1.01. The average molecular weight is 576 g/mol. The number of hydrogen-bond acceptors (Lipinski definition) is 8. The average Bonchev–Trinajstić information content (AvgIpc) is 3.34. The Labute approximate surface area is 240 Å². The van der Waals surface area contributed by atoms with Gasteiger partial charge in [0.2, 0.25) is 0 Å². The van der Waals surface area contributed by atoms with Crippen LogP contribution in [-0.2, 0) is 14.3 Å². The summed E-state index contributed by atoms with van der Waals surface area (Å²) in [5.74, 6) is -1.62. The number of carbonyl (C=O) groups is 2. The summed E-state index contributed by atoms with van der Waals surface area (Å²) in [5, 5.41) is 10.9. The van der Waals surface area contributed by atoms with Crippen molar-refractivity contribution in [1.29, 1.82) is 0 Å². The van der Waals surface area contributed by atoms with Gasteiger partial charge in [-0.05, 0) is 64.9 Å². The molecule has 0 atom stereocenters. The van der Waals surface area contributed by atoms with Crippen LogP contribution in [0.2, 0.25) is 0 Å². The molecule has 0 aromatic heterocycles. The van der Waals surface area contributed by atoms with Gasteiger partial charge in [0, 0.05) is 37.9 Å². The van der Waals surface area contributed by atoms with Crippen molar-refractivity contribution in [2.75, 3.05) is 38.2 Å². The van der Waals surface area contributed by atoms with Crippen molar-refractivity contribution in [3.05, 3.63) is 112 Å². The number of thioether (sulfide) groups is 1. The van der Waals surface area contributed by atoms with Crippen molar-refractivity contribution in [1.82, 2.24) is 10.2 Å². The molecule has 2 aliphatic rings. The minimum atomic E-state index is -0.616. The van der Waals surface area contributed by atoms with Crippen LogP contribution in [0.5, 0.6) is 0 Å². The Hall–Kier alpha value is -4.35. The predicted octanol–water partition coefficient (Wildman–Crippen LogP) is 4.49. The van der Waals surface area contributed by atoms with E-state index in [0.29, 0.717) is 0 Å². The van der Waals surface area contributed by atoms with Gasteiger partial charge in [-0.25, -0.2) is 13.6 Å². The largest absolute Gasteiger partial charge is 0.466 e. The number of amides is 1. The molecular formula is C30H27F2N5O3S. The minimum Gasteiger partial charge on any atom is -0.466 e. The predicted molar refractivity (Wildman–Crippen MR) is 156 cm³/mol. The van der Waals surface area contributed by atoms with E-state index in [4.69, 9.17) is 0 Å². The van der Waals surface area contributed by atoms with E-state index in [1.54, 1.807) is 30.5 Å². The van der Waals surface area contributed by atoms with E-state index in [1.165, 1.54) is 31.4 Å². The van der Waals surface area contributed by atoms with E-state index < -0.39 is 11.9 Å². The van der Waals surface area contributed by atoms with E-state index in [2.05, 4.69) is 30.1 Å². The van der Waals surface area contributed by atoms with Crippen molar-refractivity contribution in [3.63, 3.8) is 0 Å². The highest BCUT2D eigenvalue weighted by Crippen LogP contribution is 2.31. The Morgan fingerprint density at radius 3 is 2.07 bits per heavy atom. The van der Waals surface area contributed by atoms with Gasteiger partial charge in [0.15, 0.2) is 5.17 Å². The van der Waals surface area contributed by atoms with E-state index in [1.807, 2.05) is 24.3 Å². The van der Waals surface area contributed by atoms with Gasteiger partial charge in [-0.15, -0.1) is 5.10 Å². The van der Waals surface area contributed by atoms with Gasteiger partial charge in [-0.2, -0.15) is 5.10 Å². The number of rotatable bonds is 7. The van der Waals surface area contributed by atoms with Crippen LogP contribution < -0.4 is 10.2 Å². The number of hydrogen-bond donors (Lipinski definition) is 1. The summed E-state index contributed by atoms with van der Waals surface area (Å²) in [6.45, 7) is 3.13. The molecule has 41 heavy (non-hydrogen) atoms. The highest BCUT2D eigenvalue weighted by molar-refractivity contribution is 8.18. The number of nitrogens with one attached hydrogen (secondary N) is 1. The lowest BCUT2D eigenvalue weighted by Gasteiger charge is -2.40. The van der Waals surface area contributed by atoms with Gasteiger partial charge in [0.25, 0.3) is 5.91 Å². The Bertz CT molecular complexity index is 1440. The van der Waals surface area contributed by atoms with Gasteiger partial charge in [-0.1, -0.05) is 36.4 Å². The Balaban J connectivity index is 1.21. The lowest BCUT2D eigenvalue weighted by Crippen LogP contribution is -2.48. The molecule has 2 fully saturated rings. The van der Waals surface area contributed by atoms with E-state index >= 15 is 0 Å². The molecule has 0 saturated carbocycles. The number of carbonyl (C=O) groups excluding carboxylic acids is 2. The number of methoxy groups -OCH3 is 1. The maximum atomic E-state index is 13.6. The highest BCUT2D eigenvalue weighted by atomic mass is 32.2. The summed E-state index contributed by atoms with van der Waals surface area (Å²) in [5.41, 5.74) is 3.84. The van der Waals surface area contributed by atoms with E-state index in [0.717, 1.165) is 66.4 Å². The molecular weight excluding hydrogens is 548 g/mol. The van der Waals surface area contributed by atoms with Crippen LogP contribution in [-0.4, -0.2) is 61.4 Å². The van der Waals surface area contributed by atoms with Crippen LogP contribution in [0.25, 0.3) is 0 Å². The Morgan fingerprint density at radius 2 is 1.51 bits per heavy atom. The van der Waals surface area contributed by atoms with Crippen molar-refractivity contribution < 1.29 is 23.1 Å². The van der Waals surface area contributed by atoms with Gasteiger partial charge in [-0.3, -0.25) is 15.0 Å². The molecule has 3 aromatic carbocycles. The molecule has 3 aromatic rings. The number of benzene rings is 3. The number of esters is 1. The molecule has 11 heteroatoms. The van der Waals surface area contributed by atoms with Gasteiger partial charge in [0.05, 0.1) is 24.3 Å². The van der Waals surface area contributed by atoms with E-state index in [9.17, 15) is 18.4 Å². The molecule has 2 heterocycles. The van der Waals surface area contributed by atoms with Gasteiger partial charge < -0.3 is 9.64 Å². The van der Waals surface area contributed by atoms with Crippen LogP contribution >= 0.6 is 11.8 Å². The summed E-state index contributed by atoms with van der Waals surface area (Å²) in [7, 11) is 1.24. The summed E-state index contributed by atoms with van der Waals surface area (Å²) < 4.78 is 31.8. The molecule has 210 valence electrons. The monoisotopic (exact) mass is 575 g/mol. The topological polar surface area (TPSA) is 86.6 Å². The second kappa shape index (κ2) is 12.9. The van der Waals surface area contributed by atoms with Crippen molar-refractivity contribution >= 4 is 40.7 Å². The SMILES string of the molecule is COC(=O)/C=C1/S/C(=N\N=Cc2ccc(N3CCN(C(c4ccc(F)cc4)c4ccc(F)cc4)CC3)cc2)NC1=O. The number of anilines is 1. The van der Waals surface area contributed by atoms with Crippen molar-refractivity contribution in [3.8, 4) is 0 Å². The zero-order valence-electron chi connectivity index (χ0n) is 22.2. The van der Waals surface area contributed by atoms with Gasteiger partial charge >= 0.3 is 5.97 Å². The lowest BCUT2D eigenvalue weighted by atomic mass is 9.96. The zero-order valence-corrected chi connectivity index (χ0v) is 23.0. The fourth-order valence-electron chi connectivity index (χ4n) is 4.70. The fraction of sp³-hybridized carbons (Fsp3) is 0.200. The third-order valence-corrected chi connectivity index (χ3v) is 7.67. The van der Waals surface area contributed by atoms with Crippen LogP contribution in [0, 0.1) is 11.6 Å². The quantitative estimate of drug-likeness (QED) is 0.194. The molecule has 0 radical (unpaired) electrons. The van der Waals surface area contributed by atoms with Gasteiger partial charge in [0.1, 0.15) is 11.6 Å². The first kappa shape index (κ1) is 28.2. The number of amidine groups is 1. The zero-order chi connectivity index (χ0) is 28.8. The Kier molecular flexibility index (Phi) is 8.85. The Morgan fingerprint density at radius 1 is 0.927 bits per heavy atom. The van der Waals surface area contributed by atoms with E-state index in [-0.39, 0.29) is 27.7 Å². The molecule has 0 spiro atoms. The molecule has 0 bridgehead atoms. The first-order valence-corrected chi connectivity index (χ1v) is 13.7. The second-order valence-electron chi connectivity index (χ2n) is 9.36. The first-order valence-electron chi connectivity index (χ1n) is 12.9. The van der Waals surface area contributed by atoms with Crippen LogP contribution in [0.3, 0.4) is 0 Å². The molecule has 8 nitrogen and oxygen atoms in total. The number of ether oxygens (including phenoxy) is 1.